The summed E-state index contributed by atoms with van der Waals surface area (Å²) in [5, 5.41) is 8.61. The van der Waals surface area contributed by atoms with Gasteiger partial charge in [-0.15, -0.1) is 0 Å². The molecule has 1 N–H and O–H groups in total. The highest BCUT2D eigenvalue weighted by Gasteiger charge is 2.14. The third kappa shape index (κ3) is 3.19. The van der Waals surface area contributed by atoms with Crippen LogP contribution in [0.4, 0.5) is 5.69 Å². The van der Waals surface area contributed by atoms with Crippen LogP contribution in [0.5, 0.6) is 0 Å². The topological polar surface area (TPSA) is 66.3 Å². The van der Waals surface area contributed by atoms with Crippen molar-refractivity contribution in [3.05, 3.63) is 54.1 Å². The summed E-state index contributed by atoms with van der Waals surface area (Å²) in [6, 6.07) is 6.86. The van der Waals surface area contributed by atoms with Crippen molar-refractivity contribution in [2.24, 2.45) is 0 Å². The largest absolute Gasteiger partial charge is 0.384 e. The highest BCUT2D eigenvalue weighted by Crippen LogP contribution is 2.12. The van der Waals surface area contributed by atoms with Gasteiger partial charge in [-0.3, -0.25) is 9.78 Å². The standard InChI is InChI=1S/C15H13N3O2/c1-18(13-5-2-8-16-11-13)15(20)14-7-6-12(10-17-14)4-3-9-19/h2,5-8,10-11,19H,9H2,1H3. The maximum atomic E-state index is 12.2. The summed E-state index contributed by atoms with van der Waals surface area (Å²) in [5.74, 6) is 5.03. The molecular formula is C15H13N3O2. The number of pyridine rings is 2. The van der Waals surface area contributed by atoms with Crippen molar-refractivity contribution in [2.75, 3.05) is 18.6 Å². The summed E-state index contributed by atoms with van der Waals surface area (Å²) in [6.07, 6.45) is 4.76. The Balaban J connectivity index is 2.17. The first kappa shape index (κ1) is 13.7. The van der Waals surface area contributed by atoms with E-state index in [9.17, 15) is 4.79 Å². The molecule has 1 amide bonds. The molecule has 0 saturated carbocycles. The van der Waals surface area contributed by atoms with Crippen molar-refractivity contribution in [2.45, 2.75) is 0 Å². The van der Waals surface area contributed by atoms with E-state index in [0.29, 0.717) is 16.9 Å². The van der Waals surface area contributed by atoms with E-state index in [1.54, 1.807) is 43.7 Å². The Morgan fingerprint density at radius 1 is 1.35 bits per heavy atom. The molecule has 0 unspecified atom stereocenters. The smallest absolute Gasteiger partial charge is 0.276 e. The average Bonchev–Trinajstić information content (AvgIpc) is 2.53. The van der Waals surface area contributed by atoms with E-state index in [2.05, 4.69) is 21.8 Å². The minimum absolute atomic E-state index is 0.204. The molecule has 2 rings (SSSR count). The van der Waals surface area contributed by atoms with Crippen LogP contribution in [0.3, 0.4) is 0 Å². The van der Waals surface area contributed by atoms with Gasteiger partial charge in [-0.1, -0.05) is 11.8 Å². The molecule has 0 fully saturated rings. The molecule has 0 aliphatic rings. The minimum Gasteiger partial charge on any atom is -0.384 e. The van der Waals surface area contributed by atoms with E-state index in [-0.39, 0.29) is 12.5 Å². The summed E-state index contributed by atoms with van der Waals surface area (Å²) in [6.45, 7) is -0.204. The van der Waals surface area contributed by atoms with Crippen LogP contribution in [0.2, 0.25) is 0 Å². The van der Waals surface area contributed by atoms with Crippen molar-refractivity contribution in [1.82, 2.24) is 9.97 Å². The van der Waals surface area contributed by atoms with Gasteiger partial charge in [0.25, 0.3) is 5.91 Å². The highest BCUT2D eigenvalue weighted by molar-refractivity contribution is 6.04. The van der Waals surface area contributed by atoms with E-state index in [1.807, 2.05) is 0 Å². The van der Waals surface area contributed by atoms with E-state index >= 15 is 0 Å². The number of anilines is 1. The fraction of sp³-hybridized carbons (Fsp3) is 0.133. The Morgan fingerprint density at radius 2 is 2.20 bits per heavy atom. The molecule has 2 aromatic heterocycles. The zero-order valence-corrected chi connectivity index (χ0v) is 10.9. The van der Waals surface area contributed by atoms with Gasteiger partial charge in [0, 0.05) is 25.0 Å². The summed E-state index contributed by atoms with van der Waals surface area (Å²) in [7, 11) is 1.67. The van der Waals surface area contributed by atoms with Gasteiger partial charge in [0.15, 0.2) is 0 Å². The molecule has 0 aliphatic heterocycles. The van der Waals surface area contributed by atoms with Crippen molar-refractivity contribution in [3.63, 3.8) is 0 Å². The molecule has 5 heteroatoms. The Labute approximate surface area is 116 Å². The maximum Gasteiger partial charge on any atom is 0.276 e. The van der Waals surface area contributed by atoms with E-state index in [4.69, 9.17) is 5.11 Å². The molecule has 5 nitrogen and oxygen atoms in total. The van der Waals surface area contributed by atoms with Gasteiger partial charge in [-0.05, 0) is 24.3 Å². The normalized spacial score (nSPS) is 9.50. The predicted molar refractivity (Wildman–Crippen MR) is 75.2 cm³/mol. The number of carbonyl (C=O) groups is 1. The Morgan fingerprint density at radius 3 is 2.80 bits per heavy atom. The number of hydrogen-bond donors (Lipinski definition) is 1. The fourth-order valence-electron chi connectivity index (χ4n) is 1.58. The Hall–Kier alpha value is -2.71. The van der Waals surface area contributed by atoms with Gasteiger partial charge in [-0.2, -0.15) is 0 Å². The molecule has 0 aromatic carbocycles. The van der Waals surface area contributed by atoms with Crippen LogP contribution in [0, 0.1) is 11.8 Å². The quantitative estimate of drug-likeness (QED) is 0.827. The van der Waals surface area contributed by atoms with Gasteiger partial charge in [-0.25, -0.2) is 4.98 Å². The first-order valence-corrected chi connectivity index (χ1v) is 5.96. The second-order valence-electron chi connectivity index (χ2n) is 3.97. The number of amides is 1. The molecule has 100 valence electrons. The third-order valence-corrected chi connectivity index (χ3v) is 2.63. The van der Waals surface area contributed by atoms with Gasteiger partial charge < -0.3 is 10.0 Å². The van der Waals surface area contributed by atoms with Gasteiger partial charge in [0.05, 0.1) is 11.9 Å². The zero-order chi connectivity index (χ0) is 14.4. The summed E-state index contributed by atoms with van der Waals surface area (Å²) < 4.78 is 0. The second kappa shape index (κ2) is 6.45. The van der Waals surface area contributed by atoms with E-state index in [0.717, 1.165) is 0 Å². The lowest BCUT2D eigenvalue weighted by molar-refractivity contribution is 0.0988. The number of rotatable bonds is 2. The third-order valence-electron chi connectivity index (χ3n) is 2.63. The molecule has 0 radical (unpaired) electrons. The Kier molecular flexibility index (Phi) is 4.43. The molecule has 0 bridgehead atoms. The summed E-state index contributed by atoms with van der Waals surface area (Å²) >= 11 is 0. The van der Waals surface area contributed by atoms with E-state index < -0.39 is 0 Å². The van der Waals surface area contributed by atoms with Gasteiger partial charge >= 0.3 is 0 Å². The van der Waals surface area contributed by atoms with Crippen molar-refractivity contribution in [1.29, 1.82) is 0 Å². The number of aliphatic hydroxyl groups excluding tert-OH is 1. The first-order valence-electron chi connectivity index (χ1n) is 5.96. The zero-order valence-electron chi connectivity index (χ0n) is 10.9. The fourth-order valence-corrected chi connectivity index (χ4v) is 1.58. The van der Waals surface area contributed by atoms with Crippen LogP contribution in [0.25, 0.3) is 0 Å². The second-order valence-corrected chi connectivity index (χ2v) is 3.97. The van der Waals surface area contributed by atoms with Crippen LogP contribution in [0.1, 0.15) is 16.1 Å². The van der Waals surface area contributed by atoms with Gasteiger partial charge in [0.2, 0.25) is 0 Å². The highest BCUT2D eigenvalue weighted by atomic mass is 16.2. The van der Waals surface area contributed by atoms with Crippen molar-refractivity contribution in [3.8, 4) is 11.8 Å². The predicted octanol–water partition coefficient (Wildman–Crippen LogP) is 1.10. The van der Waals surface area contributed by atoms with Gasteiger partial charge in [0.1, 0.15) is 12.3 Å². The summed E-state index contributed by atoms with van der Waals surface area (Å²) in [5.41, 5.74) is 1.67. The lowest BCUT2D eigenvalue weighted by Gasteiger charge is -2.16. The van der Waals surface area contributed by atoms with Crippen LogP contribution in [-0.2, 0) is 0 Å². The first-order chi connectivity index (χ1) is 9.72. The molecule has 0 aliphatic carbocycles. The minimum atomic E-state index is -0.223. The molecule has 2 heterocycles. The molecule has 20 heavy (non-hydrogen) atoms. The number of nitrogens with zero attached hydrogens (tertiary/aromatic N) is 3. The van der Waals surface area contributed by atoms with Crippen LogP contribution in [-0.4, -0.2) is 34.6 Å². The molecule has 0 atom stereocenters. The number of aromatic nitrogens is 2. The summed E-state index contributed by atoms with van der Waals surface area (Å²) in [4.78, 5) is 21.8. The lowest BCUT2D eigenvalue weighted by atomic mass is 10.2. The van der Waals surface area contributed by atoms with E-state index in [1.165, 1.54) is 11.1 Å². The van der Waals surface area contributed by atoms with Crippen LogP contribution in [0.15, 0.2) is 42.9 Å². The van der Waals surface area contributed by atoms with Crippen molar-refractivity contribution >= 4 is 11.6 Å². The molecule has 2 aromatic rings. The Bertz CT molecular complexity index is 642. The molecule has 0 spiro atoms. The number of hydrogen-bond acceptors (Lipinski definition) is 4. The average molecular weight is 267 g/mol. The number of carbonyl (C=O) groups excluding carboxylic acids is 1. The maximum absolute atomic E-state index is 12.2. The monoisotopic (exact) mass is 267 g/mol. The lowest BCUT2D eigenvalue weighted by Crippen LogP contribution is -2.27. The van der Waals surface area contributed by atoms with Crippen LogP contribution < -0.4 is 4.90 Å². The molecule has 0 saturated heterocycles. The van der Waals surface area contributed by atoms with Crippen LogP contribution >= 0.6 is 0 Å². The number of aliphatic hydroxyl groups is 1. The molecular weight excluding hydrogens is 254 g/mol. The SMILES string of the molecule is CN(C(=O)c1ccc(C#CCO)cn1)c1cccnc1. The van der Waals surface area contributed by atoms with Crippen molar-refractivity contribution < 1.29 is 9.90 Å².